The van der Waals surface area contributed by atoms with E-state index in [0.717, 1.165) is 18.5 Å². The summed E-state index contributed by atoms with van der Waals surface area (Å²) in [7, 11) is 0. The van der Waals surface area contributed by atoms with E-state index in [1.165, 1.54) is 57.4 Å². The van der Waals surface area contributed by atoms with Crippen LogP contribution in [0, 0.1) is 5.92 Å². The minimum Gasteiger partial charge on any atom is -0.323 e. The maximum atomic E-state index is 4.23. The van der Waals surface area contributed by atoms with Crippen LogP contribution in [-0.2, 0) is 6.54 Å². The van der Waals surface area contributed by atoms with Crippen LogP contribution in [0.3, 0.4) is 0 Å². The van der Waals surface area contributed by atoms with Gasteiger partial charge in [-0.05, 0) is 24.8 Å². The molecule has 2 N–H and O–H groups in total. The van der Waals surface area contributed by atoms with Crippen LogP contribution < -0.4 is 9.80 Å². The average Bonchev–Trinajstić information content (AvgIpc) is 2.49. The molecule has 0 amide bonds. The SMILES string of the molecule is C[C@H]1CCC[C@@H]([NH+]2CC[NH+](Cc3cccnc3)CC2)C1. The molecule has 0 bridgehead atoms. The summed E-state index contributed by atoms with van der Waals surface area (Å²) in [6.07, 6.45) is 9.74. The van der Waals surface area contributed by atoms with E-state index in [1.54, 1.807) is 4.90 Å². The van der Waals surface area contributed by atoms with Crippen LogP contribution >= 0.6 is 0 Å². The fraction of sp³-hybridized carbons (Fsp3) is 0.706. The molecule has 0 aromatic carbocycles. The first-order valence-electron chi connectivity index (χ1n) is 8.38. The minimum atomic E-state index is 0.957. The summed E-state index contributed by atoms with van der Waals surface area (Å²) in [4.78, 5) is 7.86. The first-order valence-corrected chi connectivity index (χ1v) is 8.38. The Bertz CT molecular complexity index is 398. The molecule has 1 aromatic rings. The van der Waals surface area contributed by atoms with Crippen molar-refractivity contribution in [3.63, 3.8) is 0 Å². The van der Waals surface area contributed by atoms with Gasteiger partial charge in [0, 0.05) is 24.4 Å². The zero-order valence-corrected chi connectivity index (χ0v) is 12.8. The van der Waals surface area contributed by atoms with Gasteiger partial charge in [0.05, 0.1) is 6.04 Å². The van der Waals surface area contributed by atoms with Crippen LogP contribution in [-0.4, -0.2) is 37.2 Å². The van der Waals surface area contributed by atoms with Crippen molar-refractivity contribution in [2.75, 3.05) is 26.2 Å². The zero-order chi connectivity index (χ0) is 13.8. The van der Waals surface area contributed by atoms with Gasteiger partial charge in [0.15, 0.2) is 0 Å². The van der Waals surface area contributed by atoms with Crippen molar-refractivity contribution >= 4 is 0 Å². The van der Waals surface area contributed by atoms with Gasteiger partial charge in [0.1, 0.15) is 32.7 Å². The molecule has 110 valence electrons. The Morgan fingerprint density at radius 2 is 2.05 bits per heavy atom. The number of hydrogen-bond acceptors (Lipinski definition) is 1. The normalized spacial score (nSPS) is 34.9. The van der Waals surface area contributed by atoms with Crippen LogP contribution in [0.1, 0.15) is 38.2 Å². The van der Waals surface area contributed by atoms with Crippen molar-refractivity contribution in [3.8, 4) is 0 Å². The molecule has 1 saturated heterocycles. The topological polar surface area (TPSA) is 21.8 Å². The summed E-state index contributed by atoms with van der Waals surface area (Å²) < 4.78 is 0. The quantitative estimate of drug-likeness (QED) is 0.793. The molecule has 2 heterocycles. The second-order valence-corrected chi connectivity index (χ2v) is 6.91. The van der Waals surface area contributed by atoms with E-state index in [9.17, 15) is 0 Å². The zero-order valence-electron chi connectivity index (χ0n) is 12.8. The number of aromatic nitrogens is 1. The molecule has 2 aliphatic rings. The third-order valence-electron chi connectivity index (χ3n) is 5.29. The Morgan fingerprint density at radius 1 is 1.20 bits per heavy atom. The van der Waals surface area contributed by atoms with Crippen LogP contribution in [0.25, 0.3) is 0 Å². The molecule has 0 spiro atoms. The molecule has 20 heavy (non-hydrogen) atoms. The van der Waals surface area contributed by atoms with Gasteiger partial charge in [-0.3, -0.25) is 4.98 Å². The Labute approximate surface area is 123 Å². The molecule has 1 aliphatic heterocycles. The largest absolute Gasteiger partial charge is 0.323 e. The maximum absolute atomic E-state index is 4.23. The summed E-state index contributed by atoms with van der Waals surface area (Å²) in [5.74, 6) is 0.960. The van der Waals surface area contributed by atoms with Crippen LogP contribution in [0.4, 0.5) is 0 Å². The summed E-state index contributed by atoms with van der Waals surface area (Å²) in [6.45, 7) is 8.99. The fourth-order valence-corrected chi connectivity index (χ4v) is 4.11. The van der Waals surface area contributed by atoms with Crippen LogP contribution in [0.5, 0.6) is 0 Å². The number of rotatable bonds is 3. The lowest BCUT2D eigenvalue weighted by atomic mass is 9.86. The van der Waals surface area contributed by atoms with Gasteiger partial charge >= 0.3 is 0 Å². The van der Waals surface area contributed by atoms with Gasteiger partial charge in [-0.2, -0.15) is 0 Å². The smallest absolute Gasteiger partial charge is 0.127 e. The minimum absolute atomic E-state index is 0.957. The Kier molecular flexibility index (Phi) is 4.69. The Morgan fingerprint density at radius 3 is 2.75 bits per heavy atom. The first kappa shape index (κ1) is 14.0. The third-order valence-corrected chi connectivity index (χ3v) is 5.29. The molecule has 1 aliphatic carbocycles. The number of hydrogen-bond donors (Lipinski definition) is 2. The number of pyridine rings is 1. The number of quaternary nitrogens is 2. The molecule has 3 heteroatoms. The van der Waals surface area contributed by atoms with Crippen LogP contribution in [0.15, 0.2) is 24.5 Å². The fourth-order valence-electron chi connectivity index (χ4n) is 4.11. The van der Waals surface area contributed by atoms with E-state index in [0.29, 0.717) is 0 Å². The van der Waals surface area contributed by atoms with E-state index in [2.05, 4.69) is 24.0 Å². The summed E-state index contributed by atoms with van der Waals surface area (Å²) in [5.41, 5.74) is 1.39. The van der Waals surface area contributed by atoms with E-state index in [4.69, 9.17) is 0 Å². The van der Waals surface area contributed by atoms with E-state index in [1.807, 2.05) is 17.3 Å². The van der Waals surface area contributed by atoms with Crippen molar-refractivity contribution in [1.29, 1.82) is 0 Å². The highest BCUT2D eigenvalue weighted by molar-refractivity contribution is 5.06. The Balaban J connectivity index is 1.47. The second kappa shape index (κ2) is 6.68. The van der Waals surface area contributed by atoms with E-state index >= 15 is 0 Å². The van der Waals surface area contributed by atoms with Gasteiger partial charge in [0.2, 0.25) is 0 Å². The summed E-state index contributed by atoms with van der Waals surface area (Å²) >= 11 is 0. The van der Waals surface area contributed by atoms with Crippen molar-refractivity contribution in [1.82, 2.24) is 4.98 Å². The molecule has 2 atom stereocenters. The van der Waals surface area contributed by atoms with E-state index < -0.39 is 0 Å². The van der Waals surface area contributed by atoms with E-state index in [-0.39, 0.29) is 0 Å². The predicted octanol–water partition coefficient (Wildman–Crippen LogP) is -0.0563. The second-order valence-electron chi connectivity index (χ2n) is 6.91. The Hall–Kier alpha value is -0.930. The molecular weight excluding hydrogens is 246 g/mol. The highest BCUT2D eigenvalue weighted by Gasteiger charge is 2.32. The van der Waals surface area contributed by atoms with Gasteiger partial charge in [-0.15, -0.1) is 0 Å². The number of nitrogens with one attached hydrogen (secondary N) is 2. The first-order chi connectivity index (χ1) is 9.81. The summed E-state index contributed by atoms with van der Waals surface area (Å²) in [5, 5.41) is 0. The van der Waals surface area contributed by atoms with Crippen molar-refractivity contribution < 1.29 is 9.80 Å². The lowest BCUT2D eigenvalue weighted by Crippen LogP contribution is -3.29. The lowest BCUT2D eigenvalue weighted by molar-refractivity contribution is -1.03. The molecule has 2 fully saturated rings. The number of piperazine rings is 1. The number of nitrogens with zero attached hydrogens (tertiary/aromatic N) is 1. The molecule has 3 nitrogen and oxygen atoms in total. The van der Waals surface area contributed by atoms with Crippen molar-refractivity contribution in [2.24, 2.45) is 5.92 Å². The maximum Gasteiger partial charge on any atom is 0.127 e. The molecule has 1 saturated carbocycles. The molecular formula is C17H29N3+2. The average molecular weight is 275 g/mol. The van der Waals surface area contributed by atoms with Gasteiger partial charge < -0.3 is 9.80 Å². The lowest BCUT2D eigenvalue weighted by Gasteiger charge is -2.37. The molecule has 0 unspecified atom stereocenters. The highest BCUT2D eigenvalue weighted by Crippen LogP contribution is 2.21. The molecule has 3 rings (SSSR count). The van der Waals surface area contributed by atoms with Crippen molar-refractivity contribution in [3.05, 3.63) is 30.1 Å². The third kappa shape index (κ3) is 3.58. The molecule has 1 aromatic heterocycles. The standard InChI is InChI=1S/C17H27N3/c1-15-4-2-6-17(12-15)20-10-8-19(9-11-20)14-16-5-3-7-18-13-16/h3,5,7,13,15,17H,2,4,6,8-12,14H2,1H3/p+2/t15-,17+/m0/s1. The van der Waals surface area contributed by atoms with Gasteiger partial charge in [0.25, 0.3) is 0 Å². The van der Waals surface area contributed by atoms with Gasteiger partial charge in [-0.25, -0.2) is 0 Å². The van der Waals surface area contributed by atoms with Crippen molar-refractivity contribution in [2.45, 2.75) is 45.2 Å². The van der Waals surface area contributed by atoms with Crippen LogP contribution in [0.2, 0.25) is 0 Å². The van der Waals surface area contributed by atoms with Gasteiger partial charge in [-0.1, -0.05) is 19.4 Å². The monoisotopic (exact) mass is 275 g/mol. The summed E-state index contributed by atoms with van der Waals surface area (Å²) in [6, 6.07) is 5.22. The molecule has 0 radical (unpaired) electrons. The highest BCUT2D eigenvalue weighted by atomic mass is 15.3. The predicted molar refractivity (Wildman–Crippen MR) is 80.8 cm³/mol.